The summed E-state index contributed by atoms with van der Waals surface area (Å²) >= 11 is 0. The molecule has 116 valence electrons. The normalized spacial score (nSPS) is 16.8. The van der Waals surface area contributed by atoms with Gasteiger partial charge >= 0.3 is 0 Å². The molecule has 4 heteroatoms. The maximum absolute atomic E-state index is 5.59. The Kier molecular flexibility index (Phi) is 4.20. The van der Waals surface area contributed by atoms with E-state index in [1.54, 1.807) is 21.3 Å². The summed E-state index contributed by atoms with van der Waals surface area (Å²) < 4.78 is 16.3. The molecule has 0 spiro atoms. The molecule has 22 heavy (non-hydrogen) atoms. The zero-order chi connectivity index (χ0) is 15.5. The van der Waals surface area contributed by atoms with E-state index in [9.17, 15) is 0 Å². The average molecular weight is 299 g/mol. The second kappa shape index (κ2) is 6.28. The quantitative estimate of drug-likeness (QED) is 0.942. The highest BCUT2D eigenvalue weighted by Crippen LogP contribution is 2.40. The molecule has 0 saturated heterocycles. The first-order chi connectivity index (χ1) is 10.8. The Morgan fingerprint density at radius 2 is 1.86 bits per heavy atom. The van der Waals surface area contributed by atoms with Crippen LogP contribution in [0.25, 0.3) is 0 Å². The van der Waals surface area contributed by atoms with Gasteiger partial charge in [-0.1, -0.05) is 18.2 Å². The topological polar surface area (TPSA) is 39.7 Å². The molecule has 0 saturated carbocycles. The van der Waals surface area contributed by atoms with Gasteiger partial charge in [-0.05, 0) is 35.7 Å². The molecule has 0 fully saturated rings. The van der Waals surface area contributed by atoms with Crippen LogP contribution in [0.4, 0.5) is 0 Å². The minimum absolute atomic E-state index is 0.138. The first-order valence-electron chi connectivity index (χ1n) is 7.39. The lowest BCUT2D eigenvalue weighted by Crippen LogP contribution is -2.31. The smallest absolute Gasteiger partial charge is 0.164 e. The Hall–Kier alpha value is -2.20. The number of hydrogen-bond acceptors (Lipinski definition) is 4. The van der Waals surface area contributed by atoms with Crippen molar-refractivity contribution in [3.63, 3.8) is 0 Å². The molecule has 0 bridgehead atoms. The molecule has 4 nitrogen and oxygen atoms in total. The van der Waals surface area contributed by atoms with E-state index in [4.69, 9.17) is 14.2 Å². The monoisotopic (exact) mass is 299 g/mol. The van der Waals surface area contributed by atoms with Crippen LogP contribution >= 0.6 is 0 Å². The Morgan fingerprint density at radius 3 is 2.59 bits per heavy atom. The Labute approximate surface area is 131 Å². The second-order valence-electron chi connectivity index (χ2n) is 5.28. The van der Waals surface area contributed by atoms with Crippen LogP contribution in [0.5, 0.6) is 17.2 Å². The van der Waals surface area contributed by atoms with Crippen molar-refractivity contribution in [2.45, 2.75) is 12.5 Å². The number of benzene rings is 2. The number of fused-ring (bicyclic) bond motifs is 1. The number of ether oxygens (including phenoxy) is 3. The predicted octanol–water partition coefficient (Wildman–Crippen LogP) is 2.95. The van der Waals surface area contributed by atoms with E-state index in [0.717, 1.165) is 30.2 Å². The van der Waals surface area contributed by atoms with Crippen molar-refractivity contribution in [3.8, 4) is 17.2 Å². The molecular weight excluding hydrogens is 278 g/mol. The molecular formula is C18H21NO3. The van der Waals surface area contributed by atoms with E-state index in [1.807, 2.05) is 18.2 Å². The van der Waals surface area contributed by atoms with Crippen molar-refractivity contribution >= 4 is 0 Å². The second-order valence-corrected chi connectivity index (χ2v) is 5.28. The molecule has 1 heterocycles. The Morgan fingerprint density at radius 1 is 1.00 bits per heavy atom. The van der Waals surface area contributed by atoms with E-state index in [-0.39, 0.29) is 6.04 Å². The molecule has 1 aliphatic rings. The fraction of sp³-hybridized carbons (Fsp3) is 0.333. The van der Waals surface area contributed by atoms with Crippen LogP contribution in [0, 0.1) is 0 Å². The van der Waals surface area contributed by atoms with Gasteiger partial charge in [0, 0.05) is 12.1 Å². The molecule has 0 radical (unpaired) electrons. The van der Waals surface area contributed by atoms with Crippen molar-refractivity contribution in [1.29, 1.82) is 0 Å². The molecule has 2 aromatic carbocycles. The van der Waals surface area contributed by atoms with Crippen LogP contribution in [0.15, 0.2) is 36.4 Å². The highest BCUT2D eigenvalue weighted by molar-refractivity contribution is 5.54. The van der Waals surface area contributed by atoms with Crippen LogP contribution < -0.4 is 19.5 Å². The number of hydrogen-bond donors (Lipinski definition) is 1. The van der Waals surface area contributed by atoms with Crippen molar-refractivity contribution in [3.05, 3.63) is 53.1 Å². The summed E-state index contributed by atoms with van der Waals surface area (Å²) in [6.45, 7) is 0.901. The molecule has 1 aliphatic heterocycles. The minimum atomic E-state index is 0.138. The molecule has 0 aromatic heterocycles. The van der Waals surface area contributed by atoms with E-state index in [0.29, 0.717) is 0 Å². The SMILES string of the molecule is COc1cccc(C2NCCc3c2ccc(OC)c3OC)c1. The van der Waals surface area contributed by atoms with Gasteiger partial charge in [0.15, 0.2) is 11.5 Å². The third kappa shape index (κ3) is 2.50. The summed E-state index contributed by atoms with van der Waals surface area (Å²) in [5.41, 5.74) is 3.64. The Balaban J connectivity index is 2.08. The van der Waals surface area contributed by atoms with Gasteiger partial charge in [-0.15, -0.1) is 0 Å². The standard InChI is InChI=1S/C18H21NO3/c1-20-13-6-4-5-12(11-13)17-14-7-8-16(21-2)18(22-3)15(14)9-10-19-17/h4-8,11,17,19H,9-10H2,1-3H3. The van der Waals surface area contributed by atoms with E-state index in [2.05, 4.69) is 23.5 Å². The van der Waals surface area contributed by atoms with Gasteiger partial charge in [0.05, 0.1) is 27.4 Å². The lowest BCUT2D eigenvalue weighted by atomic mass is 9.89. The third-order valence-electron chi connectivity index (χ3n) is 4.15. The van der Waals surface area contributed by atoms with Gasteiger partial charge in [-0.2, -0.15) is 0 Å². The first-order valence-corrected chi connectivity index (χ1v) is 7.39. The maximum Gasteiger partial charge on any atom is 0.164 e. The van der Waals surface area contributed by atoms with Crippen LogP contribution in [-0.2, 0) is 6.42 Å². The summed E-state index contributed by atoms with van der Waals surface area (Å²) in [4.78, 5) is 0. The van der Waals surface area contributed by atoms with Gasteiger partial charge in [0.1, 0.15) is 5.75 Å². The average Bonchev–Trinajstić information content (AvgIpc) is 2.60. The van der Waals surface area contributed by atoms with Crippen LogP contribution in [0.1, 0.15) is 22.7 Å². The van der Waals surface area contributed by atoms with Crippen LogP contribution in [0.3, 0.4) is 0 Å². The maximum atomic E-state index is 5.59. The lowest BCUT2D eigenvalue weighted by molar-refractivity contribution is 0.348. The molecule has 0 amide bonds. The van der Waals surface area contributed by atoms with Gasteiger partial charge in [0.25, 0.3) is 0 Å². The number of rotatable bonds is 4. The van der Waals surface area contributed by atoms with Gasteiger partial charge in [0.2, 0.25) is 0 Å². The lowest BCUT2D eigenvalue weighted by Gasteiger charge is -2.29. The molecule has 1 N–H and O–H groups in total. The summed E-state index contributed by atoms with van der Waals surface area (Å²) in [5, 5.41) is 3.58. The number of methoxy groups -OCH3 is 3. The predicted molar refractivity (Wildman–Crippen MR) is 86.1 cm³/mol. The Bertz CT molecular complexity index is 669. The zero-order valence-electron chi connectivity index (χ0n) is 13.2. The van der Waals surface area contributed by atoms with Crippen LogP contribution in [-0.4, -0.2) is 27.9 Å². The summed E-state index contributed by atoms with van der Waals surface area (Å²) in [6.07, 6.45) is 0.927. The van der Waals surface area contributed by atoms with E-state index >= 15 is 0 Å². The van der Waals surface area contributed by atoms with Gasteiger partial charge in [-0.3, -0.25) is 0 Å². The largest absolute Gasteiger partial charge is 0.497 e. The summed E-state index contributed by atoms with van der Waals surface area (Å²) in [5.74, 6) is 2.49. The molecule has 1 unspecified atom stereocenters. The van der Waals surface area contributed by atoms with Crippen molar-refractivity contribution in [2.24, 2.45) is 0 Å². The zero-order valence-corrected chi connectivity index (χ0v) is 13.2. The first kappa shape index (κ1) is 14.7. The molecule has 0 aliphatic carbocycles. The summed E-state index contributed by atoms with van der Waals surface area (Å²) in [7, 11) is 5.06. The van der Waals surface area contributed by atoms with Gasteiger partial charge < -0.3 is 19.5 Å². The summed E-state index contributed by atoms with van der Waals surface area (Å²) in [6, 6.07) is 12.4. The highest BCUT2D eigenvalue weighted by atomic mass is 16.5. The van der Waals surface area contributed by atoms with Crippen molar-refractivity contribution < 1.29 is 14.2 Å². The highest BCUT2D eigenvalue weighted by Gasteiger charge is 2.26. The van der Waals surface area contributed by atoms with E-state index in [1.165, 1.54) is 16.7 Å². The van der Waals surface area contributed by atoms with E-state index < -0.39 is 0 Å². The van der Waals surface area contributed by atoms with Crippen molar-refractivity contribution in [2.75, 3.05) is 27.9 Å². The fourth-order valence-corrected chi connectivity index (χ4v) is 3.10. The molecule has 1 atom stereocenters. The molecule has 3 rings (SSSR count). The molecule has 2 aromatic rings. The third-order valence-corrected chi connectivity index (χ3v) is 4.15. The van der Waals surface area contributed by atoms with Crippen molar-refractivity contribution in [1.82, 2.24) is 5.32 Å². The van der Waals surface area contributed by atoms with Gasteiger partial charge in [-0.25, -0.2) is 0 Å². The number of nitrogens with one attached hydrogen (secondary N) is 1. The van der Waals surface area contributed by atoms with Crippen LogP contribution in [0.2, 0.25) is 0 Å². The fourth-order valence-electron chi connectivity index (χ4n) is 3.10. The minimum Gasteiger partial charge on any atom is -0.497 e.